The molecule has 0 aliphatic carbocycles. The fraction of sp³-hybridized carbons (Fsp3) is 1.00. The van der Waals surface area contributed by atoms with Gasteiger partial charge in [0.15, 0.2) is 0 Å². The molecule has 2 rings (SSSR count). The predicted octanol–water partition coefficient (Wildman–Crippen LogP) is 1.81. The highest BCUT2D eigenvalue weighted by Crippen LogP contribution is 2.29. The molecule has 20 heavy (non-hydrogen) atoms. The quantitative estimate of drug-likeness (QED) is 0.743. The van der Waals surface area contributed by atoms with Crippen LogP contribution in [0.2, 0.25) is 0 Å². The first-order valence-electron chi connectivity index (χ1n) is 8.24. The van der Waals surface area contributed by atoms with E-state index in [9.17, 15) is 8.42 Å². The lowest BCUT2D eigenvalue weighted by atomic mass is 9.98. The van der Waals surface area contributed by atoms with E-state index in [0.29, 0.717) is 23.9 Å². The maximum absolute atomic E-state index is 11.6. The summed E-state index contributed by atoms with van der Waals surface area (Å²) in [5.41, 5.74) is 0. The number of fused-ring (bicyclic) bond motifs is 2. The van der Waals surface area contributed by atoms with Gasteiger partial charge in [0.05, 0.1) is 5.75 Å². The van der Waals surface area contributed by atoms with Crippen LogP contribution in [-0.2, 0) is 9.84 Å². The predicted molar refractivity (Wildman–Crippen MR) is 83.8 cm³/mol. The second-order valence-corrected chi connectivity index (χ2v) is 8.86. The van der Waals surface area contributed by atoms with Gasteiger partial charge < -0.3 is 10.2 Å². The van der Waals surface area contributed by atoms with Crippen molar-refractivity contribution in [2.24, 2.45) is 0 Å². The second kappa shape index (κ2) is 7.23. The van der Waals surface area contributed by atoms with Crippen molar-refractivity contribution in [3.8, 4) is 0 Å². The standard InChI is InChI=1S/C15H30N2O2S/c1-3-8-17(9-5-10-20(18,19)4-2)15-11-13-6-7-14(12-15)16-13/h13-16H,3-12H2,1-2H3. The Kier molecular flexibility index (Phi) is 5.87. The number of hydrogen-bond donors (Lipinski definition) is 1. The first-order valence-corrected chi connectivity index (χ1v) is 10.1. The van der Waals surface area contributed by atoms with Crippen LogP contribution in [0.4, 0.5) is 0 Å². The molecule has 5 heteroatoms. The van der Waals surface area contributed by atoms with Crippen LogP contribution in [0.5, 0.6) is 0 Å². The average molecular weight is 302 g/mol. The van der Waals surface area contributed by atoms with Gasteiger partial charge in [-0.1, -0.05) is 13.8 Å². The Balaban J connectivity index is 1.84. The third-order valence-electron chi connectivity index (χ3n) is 4.82. The molecule has 0 amide bonds. The molecule has 1 N–H and O–H groups in total. The summed E-state index contributed by atoms with van der Waals surface area (Å²) < 4.78 is 23.2. The maximum atomic E-state index is 11.6. The summed E-state index contributed by atoms with van der Waals surface area (Å²) in [6.45, 7) is 6.00. The molecule has 2 heterocycles. The summed E-state index contributed by atoms with van der Waals surface area (Å²) in [5, 5.41) is 3.68. The third-order valence-corrected chi connectivity index (χ3v) is 6.61. The summed E-state index contributed by atoms with van der Waals surface area (Å²) in [7, 11) is -2.81. The molecule has 2 aliphatic rings. The van der Waals surface area contributed by atoms with Crippen molar-refractivity contribution in [1.29, 1.82) is 0 Å². The molecule has 0 spiro atoms. The van der Waals surface area contributed by atoms with Crippen molar-refractivity contribution in [2.75, 3.05) is 24.6 Å². The fourth-order valence-corrected chi connectivity index (χ4v) is 4.58. The number of nitrogens with one attached hydrogen (secondary N) is 1. The summed E-state index contributed by atoms with van der Waals surface area (Å²) >= 11 is 0. The van der Waals surface area contributed by atoms with Gasteiger partial charge in [-0.3, -0.25) is 0 Å². The first kappa shape index (κ1) is 16.2. The van der Waals surface area contributed by atoms with Gasteiger partial charge in [-0.05, 0) is 51.6 Å². The summed E-state index contributed by atoms with van der Waals surface area (Å²) in [5.74, 6) is 0.625. The Hall–Kier alpha value is -0.130. The first-order chi connectivity index (χ1) is 9.54. The molecule has 0 aromatic rings. The molecule has 2 aliphatic heterocycles. The highest BCUT2D eigenvalue weighted by Gasteiger charge is 2.35. The molecule has 4 nitrogen and oxygen atoms in total. The van der Waals surface area contributed by atoms with Crippen molar-refractivity contribution >= 4 is 9.84 Å². The highest BCUT2D eigenvalue weighted by atomic mass is 32.2. The number of hydrogen-bond acceptors (Lipinski definition) is 4. The number of rotatable bonds is 8. The highest BCUT2D eigenvalue weighted by molar-refractivity contribution is 7.91. The topological polar surface area (TPSA) is 49.4 Å². The van der Waals surface area contributed by atoms with Gasteiger partial charge in [-0.25, -0.2) is 8.42 Å². The lowest BCUT2D eigenvalue weighted by Crippen LogP contribution is -2.48. The molecule has 118 valence electrons. The Morgan fingerprint density at radius 3 is 2.30 bits per heavy atom. The summed E-state index contributed by atoms with van der Waals surface area (Å²) in [6, 6.07) is 2.08. The molecular weight excluding hydrogens is 272 g/mol. The summed E-state index contributed by atoms with van der Waals surface area (Å²) in [6.07, 6.45) is 7.08. The Labute approximate surface area is 124 Å². The maximum Gasteiger partial charge on any atom is 0.150 e. The van der Waals surface area contributed by atoms with Crippen molar-refractivity contribution in [2.45, 2.75) is 70.5 Å². The van der Waals surface area contributed by atoms with E-state index in [1.165, 1.54) is 25.7 Å². The van der Waals surface area contributed by atoms with Crippen molar-refractivity contribution in [1.82, 2.24) is 10.2 Å². The van der Waals surface area contributed by atoms with Gasteiger partial charge in [0.25, 0.3) is 0 Å². The largest absolute Gasteiger partial charge is 0.311 e. The molecule has 2 fully saturated rings. The number of piperidine rings is 1. The van der Waals surface area contributed by atoms with Crippen LogP contribution < -0.4 is 5.32 Å². The van der Waals surface area contributed by atoms with Gasteiger partial charge in [-0.2, -0.15) is 0 Å². The average Bonchev–Trinajstić information content (AvgIpc) is 2.76. The molecule has 2 saturated heterocycles. The molecule has 2 bridgehead atoms. The monoisotopic (exact) mass is 302 g/mol. The van der Waals surface area contributed by atoms with Crippen LogP contribution in [0.25, 0.3) is 0 Å². The zero-order chi connectivity index (χ0) is 14.6. The molecular formula is C15H30N2O2S. The molecule has 0 aromatic carbocycles. The van der Waals surface area contributed by atoms with Gasteiger partial charge in [-0.15, -0.1) is 0 Å². The minimum atomic E-state index is -2.81. The Bertz CT molecular complexity index is 385. The molecule has 0 radical (unpaired) electrons. The minimum Gasteiger partial charge on any atom is -0.311 e. The third kappa shape index (κ3) is 4.43. The van der Waals surface area contributed by atoms with E-state index < -0.39 is 9.84 Å². The van der Waals surface area contributed by atoms with Gasteiger partial charge >= 0.3 is 0 Å². The normalized spacial score (nSPS) is 30.1. The van der Waals surface area contributed by atoms with E-state index in [0.717, 1.165) is 25.9 Å². The van der Waals surface area contributed by atoms with E-state index in [4.69, 9.17) is 0 Å². The molecule has 0 saturated carbocycles. The van der Waals surface area contributed by atoms with Crippen molar-refractivity contribution < 1.29 is 8.42 Å². The zero-order valence-electron chi connectivity index (χ0n) is 13.0. The van der Waals surface area contributed by atoms with Crippen LogP contribution in [-0.4, -0.2) is 56.0 Å². The smallest absolute Gasteiger partial charge is 0.150 e. The van der Waals surface area contributed by atoms with E-state index in [1.54, 1.807) is 6.92 Å². The number of sulfone groups is 1. The van der Waals surface area contributed by atoms with Crippen LogP contribution in [0.15, 0.2) is 0 Å². The lowest BCUT2D eigenvalue weighted by Gasteiger charge is -2.37. The van der Waals surface area contributed by atoms with Crippen molar-refractivity contribution in [3.05, 3.63) is 0 Å². The fourth-order valence-electron chi connectivity index (χ4n) is 3.72. The van der Waals surface area contributed by atoms with Gasteiger partial charge in [0, 0.05) is 23.9 Å². The summed E-state index contributed by atoms with van der Waals surface area (Å²) in [4.78, 5) is 2.55. The van der Waals surface area contributed by atoms with Crippen LogP contribution in [0.1, 0.15) is 52.4 Å². The van der Waals surface area contributed by atoms with Gasteiger partial charge in [0.2, 0.25) is 0 Å². The Morgan fingerprint density at radius 2 is 1.75 bits per heavy atom. The van der Waals surface area contributed by atoms with Crippen LogP contribution >= 0.6 is 0 Å². The lowest BCUT2D eigenvalue weighted by molar-refractivity contribution is 0.141. The Morgan fingerprint density at radius 1 is 1.10 bits per heavy atom. The van der Waals surface area contributed by atoms with Crippen LogP contribution in [0, 0.1) is 0 Å². The zero-order valence-corrected chi connectivity index (χ0v) is 13.8. The van der Waals surface area contributed by atoms with E-state index >= 15 is 0 Å². The second-order valence-electron chi connectivity index (χ2n) is 6.39. The number of nitrogens with zero attached hydrogens (tertiary/aromatic N) is 1. The molecule has 2 atom stereocenters. The van der Waals surface area contributed by atoms with E-state index in [-0.39, 0.29) is 5.75 Å². The van der Waals surface area contributed by atoms with E-state index in [2.05, 4.69) is 17.1 Å². The van der Waals surface area contributed by atoms with Gasteiger partial charge in [0.1, 0.15) is 9.84 Å². The molecule has 0 aromatic heterocycles. The van der Waals surface area contributed by atoms with E-state index in [1.807, 2.05) is 0 Å². The van der Waals surface area contributed by atoms with Crippen molar-refractivity contribution in [3.63, 3.8) is 0 Å². The minimum absolute atomic E-state index is 0.276. The SMILES string of the molecule is CCCN(CCCS(=O)(=O)CC)C1CC2CCC(C1)N2. The molecule has 2 unspecified atom stereocenters. The van der Waals surface area contributed by atoms with Crippen LogP contribution in [0.3, 0.4) is 0 Å².